The van der Waals surface area contributed by atoms with Crippen LogP contribution in [0.2, 0.25) is 5.02 Å². The molecule has 0 aromatic heterocycles. The number of carbonyl (C=O) groups is 1. The molecule has 0 aliphatic heterocycles. The second kappa shape index (κ2) is 6.47. The maximum atomic E-state index is 11.3. The van der Waals surface area contributed by atoms with Crippen LogP contribution in [0.3, 0.4) is 0 Å². The first kappa shape index (κ1) is 14.4. The number of hydrogen-bond acceptors (Lipinski definition) is 4. The summed E-state index contributed by atoms with van der Waals surface area (Å²) in [6.07, 6.45) is 0. The number of carbonyl (C=O) groups excluding carboxylic acids is 1. The average molecular weight is 304 g/mol. The molecule has 0 atom stereocenters. The molecule has 0 unspecified atom stereocenters. The Morgan fingerprint density at radius 2 is 1.85 bits per heavy atom. The molecule has 2 aromatic carbocycles. The Hall–Kier alpha value is -1.96. The summed E-state index contributed by atoms with van der Waals surface area (Å²) in [5, 5.41) is 9.38. The number of ether oxygens (including phenoxy) is 1. The minimum atomic E-state index is -0.361. The van der Waals surface area contributed by atoms with E-state index in [1.807, 2.05) is 24.3 Å². The van der Waals surface area contributed by atoms with Crippen LogP contribution in [0.4, 0.5) is 0 Å². The van der Waals surface area contributed by atoms with E-state index >= 15 is 0 Å². The Morgan fingerprint density at radius 3 is 2.45 bits per heavy atom. The minimum Gasteiger partial charge on any atom is -0.465 e. The molecule has 0 aliphatic carbocycles. The molecule has 0 saturated heterocycles. The first-order valence-electron chi connectivity index (χ1n) is 5.70. The highest BCUT2D eigenvalue weighted by Gasteiger charge is 2.06. The number of esters is 1. The maximum absolute atomic E-state index is 11.3. The highest BCUT2D eigenvalue weighted by Crippen LogP contribution is 2.30. The molecule has 2 aromatic rings. The van der Waals surface area contributed by atoms with Gasteiger partial charge in [-0.05, 0) is 42.5 Å². The number of rotatable bonds is 3. The zero-order chi connectivity index (χ0) is 14.5. The fraction of sp³-hybridized carbons (Fsp3) is 0.0667. The van der Waals surface area contributed by atoms with Crippen LogP contribution in [-0.2, 0) is 4.74 Å². The summed E-state index contributed by atoms with van der Waals surface area (Å²) < 4.78 is 4.64. The molecule has 0 aliphatic rings. The topological polar surface area (TPSA) is 50.1 Å². The highest BCUT2D eigenvalue weighted by molar-refractivity contribution is 7.99. The van der Waals surface area contributed by atoms with E-state index in [0.29, 0.717) is 16.1 Å². The van der Waals surface area contributed by atoms with Crippen LogP contribution in [-0.4, -0.2) is 13.1 Å². The molecule has 5 heteroatoms. The van der Waals surface area contributed by atoms with Gasteiger partial charge in [-0.3, -0.25) is 0 Å². The largest absolute Gasteiger partial charge is 0.465 e. The molecule has 0 radical (unpaired) electrons. The SMILES string of the molecule is COC(=O)c1ccc(Sc2ccc(Cl)c(C#N)c2)cc1. The van der Waals surface area contributed by atoms with Gasteiger partial charge in [-0.15, -0.1) is 0 Å². The summed E-state index contributed by atoms with van der Waals surface area (Å²) in [6, 6.07) is 14.4. The Balaban J connectivity index is 2.18. The van der Waals surface area contributed by atoms with Crippen molar-refractivity contribution >= 4 is 29.3 Å². The molecule has 0 N–H and O–H groups in total. The van der Waals surface area contributed by atoms with Crippen LogP contribution in [0.1, 0.15) is 15.9 Å². The zero-order valence-electron chi connectivity index (χ0n) is 10.6. The Morgan fingerprint density at radius 1 is 1.20 bits per heavy atom. The number of benzene rings is 2. The van der Waals surface area contributed by atoms with Crippen molar-refractivity contribution in [1.82, 2.24) is 0 Å². The van der Waals surface area contributed by atoms with E-state index < -0.39 is 0 Å². The quantitative estimate of drug-likeness (QED) is 0.799. The van der Waals surface area contributed by atoms with Crippen molar-refractivity contribution in [3.63, 3.8) is 0 Å². The van der Waals surface area contributed by atoms with Gasteiger partial charge in [-0.25, -0.2) is 4.79 Å². The first-order chi connectivity index (χ1) is 9.63. The van der Waals surface area contributed by atoms with E-state index in [-0.39, 0.29) is 5.97 Å². The molecule has 0 fully saturated rings. The predicted octanol–water partition coefficient (Wildman–Crippen LogP) is 4.15. The molecule has 20 heavy (non-hydrogen) atoms. The van der Waals surface area contributed by atoms with Crippen molar-refractivity contribution in [2.75, 3.05) is 7.11 Å². The van der Waals surface area contributed by atoms with E-state index in [4.69, 9.17) is 16.9 Å². The van der Waals surface area contributed by atoms with Gasteiger partial charge in [0.1, 0.15) is 6.07 Å². The summed E-state index contributed by atoms with van der Waals surface area (Å²) in [6.45, 7) is 0. The van der Waals surface area contributed by atoms with Crippen molar-refractivity contribution in [2.24, 2.45) is 0 Å². The number of nitrogens with zero attached hydrogens (tertiary/aromatic N) is 1. The molecule has 100 valence electrons. The van der Waals surface area contributed by atoms with E-state index in [1.165, 1.54) is 18.9 Å². The second-order valence-electron chi connectivity index (χ2n) is 3.87. The smallest absolute Gasteiger partial charge is 0.337 e. The van der Waals surface area contributed by atoms with Gasteiger partial charge in [0.15, 0.2) is 0 Å². The lowest BCUT2D eigenvalue weighted by atomic mass is 10.2. The van der Waals surface area contributed by atoms with Crippen LogP contribution < -0.4 is 0 Å². The van der Waals surface area contributed by atoms with Gasteiger partial charge < -0.3 is 4.74 Å². The van der Waals surface area contributed by atoms with E-state index in [1.54, 1.807) is 24.3 Å². The van der Waals surface area contributed by atoms with Gasteiger partial charge in [-0.1, -0.05) is 23.4 Å². The molecule has 3 nitrogen and oxygen atoms in total. The molecule has 0 spiro atoms. The Kier molecular flexibility index (Phi) is 4.67. The van der Waals surface area contributed by atoms with Crippen LogP contribution in [0.5, 0.6) is 0 Å². The lowest BCUT2D eigenvalue weighted by Gasteiger charge is -2.04. The van der Waals surface area contributed by atoms with Crippen LogP contribution >= 0.6 is 23.4 Å². The summed E-state index contributed by atoms with van der Waals surface area (Å²) in [7, 11) is 1.35. The fourth-order valence-corrected chi connectivity index (χ4v) is 2.58. The van der Waals surface area contributed by atoms with Gasteiger partial charge in [0.2, 0.25) is 0 Å². The highest BCUT2D eigenvalue weighted by atomic mass is 35.5. The third kappa shape index (κ3) is 3.32. The van der Waals surface area contributed by atoms with Crippen molar-refractivity contribution in [2.45, 2.75) is 9.79 Å². The van der Waals surface area contributed by atoms with Gasteiger partial charge in [-0.2, -0.15) is 5.26 Å². The number of nitriles is 1. The molecule has 0 amide bonds. The number of methoxy groups -OCH3 is 1. The lowest BCUT2D eigenvalue weighted by Crippen LogP contribution is -2.00. The second-order valence-corrected chi connectivity index (χ2v) is 5.43. The molecular weight excluding hydrogens is 294 g/mol. The van der Waals surface area contributed by atoms with E-state index in [2.05, 4.69) is 4.74 Å². The zero-order valence-corrected chi connectivity index (χ0v) is 12.2. The molecule has 0 bridgehead atoms. The molecule has 0 saturated carbocycles. The van der Waals surface area contributed by atoms with Crippen molar-refractivity contribution in [3.05, 3.63) is 58.6 Å². The molecule has 0 heterocycles. The molecule has 2 rings (SSSR count). The van der Waals surface area contributed by atoms with Gasteiger partial charge >= 0.3 is 5.97 Å². The summed E-state index contributed by atoms with van der Waals surface area (Å²) in [5.41, 5.74) is 0.952. The molecular formula is C15H10ClNO2S. The minimum absolute atomic E-state index is 0.361. The summed E-state index contributed by atoms with van der Waals surface area (Å²) in [4.78, 5) is 13.2. The Labute approximate surface area is 126 Å². The van der Waals surface area contributed by atoms with Gasteiger partial charge in [0.05, 0.1) is 23.3 Å². The number of halogens is 1. The van der Waals surface area contributed by atoms with Crippen LogP contribution in [0.15, 0.2) is 52.3 Å². The Bertz CT molecular complexity index is 677. The van der Waals surface area contributed by atoms with E-state index in [9.17, 15) is 4.79 Å². The third-order valence-corrected chi connectivity index (χ3v) is 3.90. The van der Waals surface area contributed by atoms with Gasteiger partial charge in [0, 0.05) is 9.79 Å². The lowest BCUT2D eigenvalue weighted by molar-refractivity contribution is 0.0600. The summed E-state index contributed by atoms with van der Waals surface area (Å²) in [5.74, 6) is -0.361. The average Bonchev–Trinajstić information content (AvgIpc) is 2.49. The monoisotopic (exact) mass is 303 g/mol. The van der Waals surface area contributed by atoms with Crippen molar-refractivity contribution < 1.29 is 9.53 Å². The van der Waals surface area contributed by atoms with Crippen molar-refractivity contribution in [3.8, 4) is 6.07 Å². The van der Waals surface area contributed by atoms with E-state index in [0.717, 1.165) is 9.79 Å². The maximum Gasteiger partial charge on any atom is 0.337 e. The fourth-order valence-electron chi connectivity index (χ4n) is 1.57. The van der Waals surface area contributed by atoms with Crippen LogP contribution in [0, 0.1) is 11.3 Å². The first-order valence-corrected chi connectivity index (χ1v) is 6.89. The standard InChI is InChI=1S/C15H10ClNO2S/c1-19-15(18)10-2-4-12(5-3-10)20-13-6-7-14(16)11(8-13)9-17/h2-8H,1H3. The third-order valence-electron chi connectivity index (χ3n) is 2.57. The van der Waals surface area contributed by atoms with Gasteiger partial charge in [0.25, 0.3) is 0 Å². The summed E-state index contributed by atoms with van der Waals surface area (Å²) >= 11 is 7.38. The van der Waals surface area contributed by atoms with Crippen LogP contribution in [0.25, 0.3) is 0 Å². The van der Waals surface area contributed by atoms with Crippen molar-refractivity contribution in [1.29, 1.82) is 5.26 Å². The predicted molar refractivity (Wildman–Crippen MR) is 78.1 cm³/mol. The normalized spacial score (nSPS) is 9.85. The number of hydrogen-bond donors (Lipinski definition) is 0.